The lowest BCUT2D eigenvalue weighted by molar-refractivity contribution is -0.130. The third-order valence-corrected chi connectivity index (χ3v) is 9.32. The van der Waals surface area contributed by atoms with Gasteiger partial charge in [-0.2, -0.15) is 0 Å². The average molecular weight is 329 g/mol. The first-order valence-corrected chi connectivity index (χ1v) is 9.54. The highest BCUT2D eigenvalue weighted by Gasteiger charge is 2.67. The Balaban J connectivity index is 1.62. The molecule has 24 heavy (non-hydrogen) atoms. The van der Waals surface area contributed by atoms with E-state index in [1.54, 1.807) is 0 Å². The predicted octanol–water partition coefficient (Wildman–Crippen LogP) is 3.88. The van der Waals surface area contributed by atoms with Crippen LogP contribution in [0.5, 0.6) is 0 Å². The van der Waals surface area contributed by atoms with Gasteiger partial charge < -0.3 is 5.32 Å². The molecule has 0 amide bonds. The van der Waals surface area contributed by atoms with Gasteiger partial charge in [0.25, 0.3) is 0 Å². The number of ketones is 2. The van der Waals surface area contributed by atoms with Crippen molar-refractivity contribution < 1.29 is 9.59 Å². The van der Waals surface area contributed by atoms with Gasteiger partial charge in [-0.05, 0) is 48.3 Å². The van der Waals surface area contributed by atoms with Crippen LogP contribution >= 0.6 is 0 Å². The van der Waals surface area contributed by atoms with Gasteiger partial charge in [-0.3, -0.25) is 9.59 Å². The number of hydrogen-bond acceptors (Lipinski definition) is 3. The Hall–Kier alpha value is -1.12. The standard InChI is InChI=1S/C21H31NO2/c1-18(2)13-7-9-20(18,5)16(23)12(13)11-22-15-14-8-10-21(6,17(15)24)19(14,3)4/h11,13-15,22H,7-10H2,1-6H3/b12-11+/t13-,14+,15-,20+,21+/m0/s1. The van der Waals surface area contributed by atoms with Crippen molar-refractivity contribution in [3.05, 3.63) is 11.8 Å². The van der Waals surface area contributed by atoms with Crippen molar-refractivity contribution in [2.24, 2.45) is 33.5 Å². The molecule has 0 unspecified atom stereocenters. The van der Waals surface area contributed by atoms with Gasteiger partial charge in [0.15, 0.2) is 11.6 Å². The lowest BCUT2D eigenvalue weighted by Gasteiger charge is -2.32. The quantitative estimate of drug-likeness (QED) is 0.782. The number of Topliss-reactive ketones (excluding diaryl/α,β-unsaturated/α-hetero) is 2. The van der Waals surface area contributed by atoms with Crippen LogP contribution in [0.4, 0.5) is 0 Å². The van der Waals surface area contributed by atoms with Crippen molar-refractivity contribution >= 4 is 11.6 Å². The molecule has 4 aliphatic carbocycles. The largest absolute Gasteiger partial charge is 0.381 e. The van der Waals surface area contributed by atoms with Gasteiger partial charge in [-0.1, -0.05) is 41.5 Å². The van der Waals surface area contributed by atoms with Crippen molar-refractivity contribution in [3.63, 3.8) is 0 Å². The van der Waals surface area contributed by atoms with Crippen LogP contribution in [0.25, 0.3) is 0 Å². The maximum atomic E-state index is 13.0. The van der Waals surface area contributed by atoms with Crippen LogP contribution in [0.15, 0.2) is 11.8 Å². The Bertz CT molecular complexity index is 673. The number of carbonyl (C=O) groups is 2. The number of nitrogens with one attached hydrogen (secondary N) is 1. The van der Waals surface area contributed by atoms with Gasteiger partial charge in [0.1, 0.15) is 0 Å². The van der Waals surface area contributed by atoms with Gasteiger partial charge >= 0.3 is 0 Å². The molecule has 0 aliphatic heterocycles. The van der Waals surface area contributed by atoms with Crippen LogP contribution in [-0.2, 0) is 9.59 Å². The molecule has 4 fully saturated rings. The molecule has 0 aromatic carbocycles. The fourth-order valence-corrected chi connectivity index (χ4v) is 6.55. The molecule has 0 aromatic rings. The van der Waals surface area contributed by atoms with Gasteiger partial charge in [0, 0.05) is 22.6 Å². The Morgan fingerprint density at radius 2 is 1.54 bits per heavy atom. The first kappa shape index (κ1) is 16.4. The second-order valence-electron chi connectivity index (χ2n) is 10.3. The zero-order valence-corrected chi connectivity index (χ0v) is 16.0. The molecular formula is C21H31NO2. The van der Waals surface area contributed by atoms with E-state index in [4.69, 9.17) is 0 Å². The molecule has 1 N–H and O–H groups in total. The molecule has 0 radical (unpaired) electrons. The Labute approximate surface area is 145 Å². The van der Waals surface area contributed by atoms with E-state index in [1.807, 2.05) is 6.20 Å². The summed E-state index contributed by atoms with van der Waals surface area (Å²) in [6.45, 7) is 13.2. The minimum atomic E-state index is -0.227. The molecule has 0 aromatic heterocycles. The molecule has 0 heterocycles. The fourth-order valence-electron chi connectivity index (χ4n) is 6.55. The molecule has 3 nitrogen and oxygen atoms in total. The van der Waals surface area contributed by atoms with Crippen molar-refractivity contribution in [1.29, 1.82) is 0 Å². The van der Waals surface area contributed by atoms with Crippen LogP contribution < -0.4 is 5.32 Å². The number of rotatable bonds is 2. The molecule has 4 saturated carbocycles. The van der Waals surface area contributed by atoms with Crippen LogP contribution in [-0.4, -0.2) is 17.6 Å². The summed E-state index contributed by atoms with van der Waals surface area (Å²) in [5.41, 5.74) is 0.575. The van der Waals surface area contributed by atoms with Crippen molar-refractivity contribution in [2.45, 2.75) is 73.3 Å². The summed E-state index contributed by atoms with van der Waals surface area (Å²) in [6.07, 6.45) is 6.13. The van der Waals surface area contributed by atoms with E-state index >= 15 is 0 Å². The Kier molecular flexibility index (Phi) is 2.96. The van der Waals surface area contributed by atoms with Gasteiger partial charge in [-0.25, -0.2) is 0 Å². The lowest BCUT2D eigenvalue weighted by atomic mass is 9.70. The van der Waals surface area contributed by atoms with E-state index in [0.29, 0.717) is 23.4 Å². The van der Waals surface area contributed by atoms with Crippen molar-refractivity contribution in [1.82, 2.24) is 5.32 Å². The molecule has 0 saturated heterocycles. The van der Waals surface area contributed by atoms with Gasteiger partial charge in [-0.15, -0.1) is 0 Å². The summed E-state index contributed by atoms with van der Waals surface area (Å²) in [7, 11) is 0. The zero-order valence-electron chi connectivity index (χ0n) is 16.0. The van der Waals surface area contributed by atoms with Gasteiger partial charge in [0.2, 0.25) is 0 Å². The molecule has 132 valence electrons. The predicted molar refractivity (Wildman–Crippen MR) is 94.2 cm³/mol. The van der Waals surface area contributed by atoms with E-state index in [2.05, 4.69) is 46.9 Å². The highest BCUT2D eigenvalue weighted by molar-refractivity contribution is 6.04. The molecule has 4 rings (SSSR count). The van der Waals surface area contributed by atoms with Crippen molar-refractivity contribution in [2.75, 3.05) is 0 Å². The van der Waals surface area contributed by atoms with Crippen molar-refractivity contribution in [3.8, 4) is 0 Å². The first-order chi connectivity index (χ1) is 11.0. The minimum Gasteiger partial charge on any atom is -0.381 e. The van der Waals surface area contributed by atoms with E-state index in [9.17, 15) is 9.59 Å². The third-order valence-electron chi connectivity index (χ3n) is 9.32. The maximum absolute atomic E-state index is 13.0. The summed E-state index contributed by atoms with van der Waals surface area (Å²) >= 11 is 0. The molecular weight excluding hydrogens is 298 g/mol. The summed E-state index contributed by atoms with van der Waals surface area (Å²) in [5, 5.41) is 3.42. The van der Waals surface area contributed by atoms with Crippen LogP contribution in [0.2, 0.25) is 0 Å². The van der Waals surface area contributed by atoms with Crippen LogP contribution in [0.1, 0.15) is 67.2 Å². The molecule has 5 atom stereocenters. The van der Waals surface area contributed by atoms with Crippen LogP contribution in [0.3, 0.4) is 0 Å². The first-order valence-electron chi connectivity index (χ1n) is 9.54. The molecule has 4 aliphatic rings. The fraction of sp³-hybridized carbons (Fsp3) is 0.810. The van der Waals surface area contributed by atoms with E-state index in [1.165, 1.54) is 0 Å². The third kappa shape index (κ3) is 1.51. The highest BCUT2D eigenvalue weighted by Crippen LogP contribution is 2.66. The summed E-state index contributed by atoms with van der Waals surface area (Å²) in [5.74, 6) is 1.36. The Morgan fingerprint density at radius 3 is 2.04 bits per heavy atom. The smallest absolute Gasteiger partial charge is 0.167 e. The number of hydrogen-bond donors (Lipinski definition) is 1. The highest BCUT2D eigenvalue weighted by atomic mass is 16.1. The maximum Gasteiger partial charge on any atom is 0.167 e. The van der Waals surface area contributed by atoms with Crippen LogP contribution in [0, 0.1) is 33.5 Å². The topological polar surface area (TPSA) is 46.2 Å². The van der Waals surface area contributed by atoms with Gasteiger partial charge in [0.05, 0.1) is 6.04 Å². The summed E-state index contributed by atoms with van der Waals surface area (Å²) in [4.78, 5) is 25.9. The number of carbonyl (C=O) groups excluding carboxylic acids is 2. The number of allylic oxidation sites excluding steroid dienone is 1. The van der Waals surface area contributed by atoms with E-state index < -0.39 is 0 Å². The molecule has 4 bridgehead atoms. The zero-order chi connectivity index (χ0) is 17.7. The Morgan fingerprint density at radius 1 is 0.917 bits per heavy atom. The van der Waals surface area contributed by atoms with E-state index in [-0.39, 0.29) is 27.7 Å². The lowest BCUT2D eigenvalue weighted by Crippen LogP contribution is -2.41. The molecule has 0 spiro atoms. The second-order valence-corrected chi connectivity index (χ2v) is 10.3. The summed E-state index contributed by atoms with van der Waals surface area (Å²) < 4.78 is 0. The average Bonchev–Trinajstić information content (AvgIpc) is 2.97. The second kappa shape index (κ2) is 4.34. The van der Waals surface area contributed by atoms with E-state index in [0.717, 1.165) is 31.3 Å². The SMILES string of the molecule is CC1(C)[C@@H]2CC[C@]1(C)C(=O)[C@H]2N/C=C1/C(=O)[C@@]2(C)CC[C@@H]1C2(C)C. The summed E-state index contributed by atoms with van der Waals surface area (Å²) in [6, 6.07) is -0.117. The molecule has 3 heteroatoms. The monoisotopic (exact) mass is 329 g/mol. The number of fused-ring (bicyclic) bond motifs is 4. The minimum absolute atomic E-state index is 0.0293. The normalized spacial score (nSPS) is 49.4.